The van der Waals surface area contributed by atoms with Crippen molar-refractivity contribution in [2.24, 2.45) is 0 Å². The third-order valence-corrected chi connectivity index (χ3v) is 6.47. The molecule has 0 radical (unpaired) electrons. The molecule has 2 N–H and O–H groups in total. The van der Waals surface area contributed by atoms with Gasteiger partial charge in [-0.3, -0.25) is 0 Å². The third-order valence-electron chi connectivity index (χ3n) is 6.47. The standard InChI is InChI=1S/C31H23N3O4/c1-2-19-3-7-21(8-4-19)23-11-13-25-26(15-23)33-29(24-12-14-27-28(16-24)38-18-37-27)34-30(25)32-17-20-5-9-22(10-6-20)31(35)36/h2-16H,1,17-18H2,(H,35,36)(H,32,33,34). The van der Waals surface area contributed by atoms with E-state index in [0.717, 1.165) is 38.7 Å². The molecule has 0 fully saturated rings. The Balaban J connectivity index is 1.40. The number of rotatable bonds is 7. The average Bonchev–Trinajstić information content (AvgIpc) is 3.44. The van der Waals surface area contributed by atoms with Crippen LogP contribution in [0.3, 0.4) is 0 Å². The number of nitrogens with one attached hydrogen (secondary N) is 1. The molecule has 186 valence electrons. The molecule has 5 aromatic rings. The zero-order chi connectivity index (χ0) is 26.1. The first-order valence-corrected chi connectivity index (χ1v) is 12.1. The number of nitrogens with zero attached hydrogens (tertiary/aromatic N) is 2. The number of carboxylic acids is 1. The zero-order valence-corrected chi connectivity index (χ0v) is 20.3. The SMILES string of the molecule is C=Cc1ccc(-c2ccc3c(NCc4ccc(C(=O)O)cc4)nc(-c4ccc5c(c4)OCO5)nc3c2)cc1. The lowest BCUT2D eigenvalue weighted by molar-refractivity contribution is 0.0697. The average molecular weight is 502 g/mol. The maximum Gasteiger partial charge on any atom is 0.335 e. The fraction of sp³-hybridized carbons (Fsp3) is 0.0645. The number of carbonyl (C=O) groups is 1. The van der Waals surface area contributed by atoms with E-state index in [9.17, 15) is 9.90 Å². The van der Waals surface area contributed by atoms with Gasteiger partial charge in [0, 0.05) is 17.5 Å². The van der Waals surface area contributed by atoms with Crippen molar-refractivity contribution in [3.05, 3.63) is 108 Å². The van der Waals surface area contributed by atoms with Crippen molar-refractivity contribution in [2.45, 2.75) is 6.54 Å². The van der Waals surface area contributed by atoms with Crippen LogP contribution in [-0.2, 0) is 6.54 Å². The number of fused-ring (bicyclic) bond motifs is 2. The van der Waals surface area contributed by atoms with E-state index >= 15 is 0 Å². The number of benzene rings is 4. The van der Waals surface area contributed by atoms with Crippen LogP contribution in [0.1, 0.15) is 21.5 Å². The minimum atomic E-state index is -0.949. The minimum absolute atomic E-state index is 0.193. The van der Waals surface area contributed by atoms with Gasteiger partial charge in [0.1, 0.15) is 5.82 Å². The van der Waals surface area contributed by atoms with Crippen LogP contribution >= 0.6 is 0 Å². The summed E-state index contributed by atoms with van der Waals surface area (Å²) in [4.78, 5) is 21.0. The topological polar surface area (TPSA) is 93.6 Å². The van der Waals surface area contributed by atoms with E-state index in [4.69, 9.17) is 19.4 Å². The molecular formula is C31H23N3O4. The van der Waals surface area contributed by atoms with Crippen molar-refractivity contribution in [3.63, 3.8) is 0 Å². The van der Waals surface area contributed by atoms with Gasteiger partial charge in [-0.1, -0.05) is 55.1 Å². The van der Waals surface area contributed by atoms with Gasteiger partial charge in [-0.25, -0.2) is 14.8 Å². The lowest BCUT2D eigenvalue weighted by atomic mass is 10.0. The fourth-order valence-corrected chi connectivity index (χ4v) is 4.37. The van der Waals surface area contributed by atoms with Crippen molar-refractivity contribution in [2.75, 3.05) is 12.1 Å². The van der Waals surface area contributed by atoms with E-state index in [0.29, 0.717) is 29.7 Å². The highest BCUT2D eigenvalue weighted by molar-refractivity contribution is 5.93. The second-order valence-electron chi connectivity index (χ2n) is 8.88. The molecule has 7 heteroatoms. The summed E-state index contributed by atoms with van der Waals surface area (Å²) in [5, 5.41) is 13.5. The van der Waals surface area contributed by atoms with Gasteiger partial charge in [0.05, 0.1) is 11.1 Å². The van der Waals surface area contributed by atoms with E-state index in [-0.39, 0.29) is 12.4 Å². The van der Waals surface area contributed by atoms with Crippen molar-refractivity contribution >= 4 is 28.8 Å². The molecule has 6 rings (SSSR count). The Morgan fingerprint density at radius 3 is 2.37 bits per heavy atom. The van der Waals surface area contributed by atoms with Crippen LogP contribution in [0, 0.1) is 0 Å². The molecule has 0 saturated carbocycles. The first-order chi connectivity index (χ1) is 18.6. The van der Waals surface area contributed by atoms with Crippen molar-refractivity contribution < 1.29 is 19.4 Å². The van der Waals surface area contributed by atoms with Crippen LogP contribution in [0.25, 0.3) is 39.5 Å². The number of aromatic carboxylic acids is 1. The van der Waals surface area contributed by atoms with Gasteiger partial charge in [0.15, 0.2) is 17.3 Å². The maximum absolute atomic E-state index is 11.2. The number of ether oxygens (including phenoxy) is 2. The number of hydrogen-bond donors (Lipinski definition) is 2. The van der Waals surface area contributed by atoms with Gasteiger partial charge in [-0.05, 0) is 64.7 Å². The fourth-order valence-electron chi connectivity index (χ4n) is 4.37. The Hall–Kier alpha value is -5.17. The maximum atomic E-state index is 11.2. The summed E-state index contributed by atoms with van der Waals surface area (Å²) in [5.41, 5.74) is 5.97. The summed E-state index contributed by atoms with van der Waals surface area (Å²) < 4.78 is 11.0. The van der Waals surface area contributed by atoms with E-state index in [1.165, 1.54) is 0 Å². The quantitative estimate of drug-likeness (QED) is 0.258. The first kappa shape index (κ1) is 23.2. The molecule has 0 unspecified atom stereocenters. The Morgan fingerprint density at radius 1 is 0.868 bits per heavy atom. The summed E-state index contributed by atoms with van der Waals surface area (Å²) in [6.45, 7) is 4.49. The molecule has 1 aromatic heterocycles. The molecule has 0 aliphatic carbocycles. The summed E-state index contributed by atoms with van der Waals surface area (Å²) in [6.07, 6.45) is 1.82. The molecule has 4 aromatic carbocycles. The van der Waals surface area contributed by atoms with Gasteiger partial charge in [0.25, 0.3) is 0 Å². The first-order valence-electron chi connectivity index (χ1n) is 12.1. The lowest BCUT2D eigenvalue weighted by Crippen LogP contribution is -2.05. The Bertz CT molecular complexity index is 1680. The molecule has 7 nitrogen and oxygen atoms in total. The molecule has 1 aliphatic heterocycles. The zero-order valence-electron chi connectivity index (χ0n) is 20.3. The van der Waals surface area contributed by atoms with Gasteiger partial charge in [-0.2, -0.15) is 0 Å². The van der Waals surface area contributed by atoms with Crippen molar-refractivity contribution in [1.82, 2.24) is 9.97 Å². The Kier molecular flexibility index (Phi) is 5.94. The minimum Gasteiger partial charge on any atom is -0.478 e. The Morgan fingerprint density at radius 2 is 1.61 bits per heavy atom. The number of carboxylic acid groups (broad SMARTS) is 1. The van der Waals surface area contributed by atoms with Crippen LogP contribution in [0.4, 0.5) is 5.82 Å². The van der Waals surface area contributed by atoms with Crippen LogP contribution in [-0.4, -0.2) is 27.8 Å². The molecule has 2 heterocycles. The number of hydrogen-bond acceptors (Lipinski definition) is 6. The second kappa shape index (κ2) is 9.71. The molecule has 38 heavy (non-hydrogen) atoms. The number of anilines is 1. The summed E-state index contributed by atoms with van der Waals surface area (Å²) >= 11 is 0. The molecule has 0 atom stereocenters. The van der Waals surface area contributed by atoms with Crippen molar-refractivity contribution in [1.29, 1.82) is 0 Å². The smallest absolute Gasteiger partial charge is 0.335 e. The summed E-state index contributed by atoms with van der Waals surface area (Å²) in [7, 11) is 0. The van der Waals surface area contributed by atoms with Gasteiger partial charge >= 0.3 is 5.97 Å². The normalized spacial score (nSPS) is 11.9. The van der Waals surface area contributed by atoms with E-state index in [1.807, 2.05) is 42.5 Å². The Labute approximate surface area is 219 Å². The predicted octanol–water partition coefficient (Wildman–Crippen LogP) is 6.65. The largest absolute Gasteiger partial charge is 0.478 e. The third kappa shape index (κ3) is 4.53. The predicted molar refractivity (Wildman–Crippen MR) is 147 cm³/mol. The lowest BCUT2D eigenvalue weighted by Gasteiger charge is -2.13. The molecule has 0 spiro atoms. The van der Waals surface area contributed by atoms with Gasteiger partial charge in [-0.15, -0.1) is 0 Å². The molecule has 0 saturated heterocycles. The van der Waals surface area contributed by atoms with E-state index < -0.39 is 5.97 Å². The molecule has 1 aliphatic rings. The summed E-state index contributed by atoms with van der Waals surface area (Å²) in [6, 6.07) is 26.8. The summed E-state index contributed by atoms with van der Waals surface area (Å²) in [5.74, 6) is 1.64. The van der Waals surface area contributed by atoms with Crippen LogP contribution < -0.4 is 14.8 Å². The highest BCUT2D eigenvalue weighted by atomic mass is 16.7. The van der Waals surface area contributed by atoms with E-state index in [1.54, 1.807) is 24.3 Å². The van der Waals surface area contributed by atoms with E-state index in [2.05, 4.69) is 36.2 Å². The monoisotopic (exact) mass is 501 g/mol. The van der Waals surface area contributed by atoms with Crippen LogP contribution in [0.5, 0.6) is 11.5 Å². The molecular weight excluding hydrogens is 478 g/mol. The molecule has 0 bridgehead atoms. The number of aromatic nitrogens is 2. The highest BCUT2D eigenvalue weighted by Gasteiger charge is 2.17. The highest BCUT2D eigenvalue weighted by Crippen LogP contribution is 2.36. The van der Waals surface area contributed by atoms with Gasteiger partial charge in [0.2, 0.25) is 6.79 Å². The second-order valence-corrected chi connectivity index (χ2v) is 8.88. The van der Waals surface area contributed by atoms with Gasteiger partial charge < -0.3 is 19.9 Å². The molecule has 0 amide bonds. The van der Waals surface area contributed by atoms with Crippen molar-refractivity contribution in [3.8, 4) is 34.0 Å². The van der Waals surface area contributed by atoms with Crippen LogP contribution in [0.2, 0.25) is 0 Å². The van der Waals surface area contributed by atoms with Crippen LogP contribution in [0.15, 0.2) is 91.5 Å².